The van der Waals surface area contributed by atoms with E-state index in [-0.39, 0.29) is 0 Å². The van der Waals surface area contributed by atoms with E-state index in [1.165, 1.54) is 16.7 Å². The Morgan fingerprint density at radius 3 is 2.29 bits per heavy atom. The summed E-state index contributed by atoms with van der Waals surface area (Å²) >= 11 is 0. The van der Waals surface area contributed by atoms with Gasteiger partial charge in [-0.15, -0.1) is 0 Å². The number of hydrogen-bond donors (Lipinski definition) is 1. The average molecular weight is 282 g/mol. The molecular weight excluding hydrogens is 256 g/mol. The van der Waals surface area contributed by atoms with Gasteiger partial charge in [0.25, 0.3) is 0 Å². The quantitative estimate of drug-likeness (QED) is 0.797. The van der Waals surface area contributed by atoms with E-state index in [2.05, 4.69) is 78.8 Å². The zero-order valence-electron chi connectivity index (χ0n) is 13.2. The molecule has 0 aliphatic carbocycles. The molecule has 0 aromatic heterocycles. The van der Waals surface area contributed by atoms with Gasteiger partial charge < -0.3 is 10.2 Å². The lowest BCUT2D eigenvalue weighted by Gasteiger charge is -2.19. The number of benzene rings is 2. The molecule has 0 radical (unpaired) electrons. The van der Waals surface area contributed by atoms with Gasteiger partial charge in [0.2, 0.25) is 0 Å². The smallest absolute Gasteiger partial charge is 0.0234 e. The molecule has 0 aliphatic rings. The molecule has 2 rings (SSSR count). The molecule has 0 fully saturated rings. The second-order valence-corrected chi connectivity index (χ2v) is 5.52. The third-order valence-electron chi connectivity index (χ3n) is 3.75. The van der Waals surface area contributed by atoms with Crippen LogP contribution < -0.4 is 5.32 Å². The van der Waals surface area contributed by atoms with Crippen LogP contribution in [-0.2, 0) is 19.5 Å². The molecule has 0 saturated heterocycles. The molecule has 0 spiro atoms. The average Bonchev–Trinajstić information content (AvgIpc) is 2.53. The van der Waals surface area contributed by atoms with Gasteiger partial charge in [-0.2, -0.15) is 0 Å². The molecule has 0 atom stereocenters. The van der Waals surface area contributed by atoms with E-state index < -0.39 is 0 Å². The van der Waals surface area contributed by atoms with Gasteiger partial charge in [0.05, 0.1) is 0 Å². The number of rotatable bonds is 8. The van der Waals surface area contributed by atoms with E-state index in [1.807, 2.05) is 0 Å². The molecule has 2 aromatic rings. The van der Waals surface area contributed by atoms with Crippen LogP contribution in [0.5, 0.6) is 0 Å². The minimum absolute atomic E-state index is 0.958. The normalized spacial score (nSPS) is 11.0. The number of likely N-dealkylation sites (N-methyl/N-ethyl adjacent to an activating group) is 1. The zero-order chi connectivity index (χ0) is 14.9. The van der Waals surface area contributed by atoms with Crippen molar-refractivity contribution in [2.45, 2.75) is 26.4 Å². The minimum Gasteiger partial charge on any atom is -0.313 e. The SMILES string of the molecule is CCNCc1ccccc1CN(C)CCc1ccccc1. The first kappa shape index (κ1) is 15.7. The van der Waals surface area contributed by atoms with Gasteiger partial charge in [-0.1, -0.05) is 61.5 Å². The summed E-state index contributed by atoms with van der Waals surface area (Å²) in [6, 6.07) is 19.4. The van der Waals surface area contributed by atoms with Crippen molar-refractivity contribution in [3.8, 4) is 0 Å². The van der Waals surface area contributed by atoms with Gasteiger partial charge in [0.15, 0.2) is 0 Å². The Morgan fingerprint density at radius 2 is 1.57 bits per heavy atom. The number of hydrogen-bond acceptors (Lipinski definition) is 2. The highest BCUT2D eigenvalue weighted by molar-refractivity contribution is 5.27. The fourth-order valence-electron chi connectivity index (χ4n) is 2.48. The van der Waals surface area contributed by atoms with Crippen molar-refractivity contribution in [1.29, 1.82) is 0 Å². The molecule has 0 amide bonds. The van der Waals surface area contributed by atoms with Gasteiger partial charge in [0.1, 0.15) is 0 Å². The Morgan fingerprint density at radius 1 is 0.905 bits per heavy atom. The molecule has 0 saturated carbocycles. The maximum Gasteiger partial charge on any atom is 0.0234 e. The van der Waals surface area contributed by atoms with Crippen LogP contribution >= 0.6 is 0 Å². The topological polar surface area (TPSA) is 15.3 Å². The molecule has 0 heterocycles. The third kappa shape index (κ3) is 5.33. The summed E-state index contributed by atoms with van der Waals surface area (Å²) in [5.74, 6) is 0. The highest BCUT2D eigenvalue weighted by Gasteiger charge is 2.05. The predicted octanol–water partition coefficient (Wildman–Crippen LogP) is 3.47. The van der Waals surface area contributed by atoms with Crippen molar-refractivity contribution in [3.63, 3.8) is 0 Å². The van der Waals surface area contributed by atoms with Crippen LogP contribution in [0.2, 0.25) is 0 Å². The van der Waals surface area contributed by atoms with Gasteiger partial charge in [-0.25, -0.2) is 0 Å². The Balaban J connectivity index is 1.88. The maximum absolute atomic E-state index is 3.42. The molecule has 2 aromatic carbocycles. The van der Waals surface area contributed by atoms with Crippen molar-refractivity contribution >= 4 is 0 Å². The van der Waals surface area contributed by atoms with E-state index in [9.17, 15) is 0 Å². The monoisotopic (exact) mass is 282 g/mol. The second kappa shape index (κ2) is 8.60. The standard InChI is InChI=1S/C19H26N2/c1-3-20-15-18-11-7-8-12-19(18)16-21(2)14-13-17-9-5-4-6-10-17/h4-12,20H,3,13-16H2,1-2H3. The van der Waals surface area contributed by atoms with Crippen molar-refractivity contribution < 1.29 is 0 Å². The van der Waals surface area contributed by atoms with E-state index in [0.29, 0.717) is 0 Å². The summed E-state index contributed by atoms with van der Waals surface area (Å²) in [5, 5.41) is 3.42. The lowest BCUT2D eigenvalue weighted by molar-refractivity contribution is 0.330. The van der Waals surface area contributed by atoms with Crippen molar-refractivity contribution in [3.05, 3.63) is 71.3 Å². The van der Waals surface area contributed by atoms with Crippen molar-refractivity contribution in [2.75, 3.05) is 20.1 Å². The van der Waals surface area contributed by atoms with Crippen molar-refractivity contribution in [1.82, 2.24) is 10.2 Å². The Kier molecular flexibility index (Phi) is 6.45. The van der Waals surface area contributed by atoms with Crippen LogP contribution in [0.25, 0.3) is 0 Å². The van der Waals surface area contributed by atoms with Crippen LogP contribution in [0.3, 0.4) is 0 Å². The highest BCUT2D eigenvalue weighted by atomic mass is 15.1. The summed E-state index contributed by atoms with van der Waals surface area (Å²) in [4.78, 5) is 2.40. The van der Waals surface area contributed by atoms with Gasteiger partial charge in [-0.3, -0.25) is 0 Å². The Bertz CT molecular complexity index is 522. The lowest BCUT2D eigenvalue weighted by Crippen LogP contribution is -2.22. The first-order chi connectivity index (χ1) is 10.3. The lowest BCUT2D eigenvalue weighted by atomic mass is 10.1. The predicted molar refractivity (Wildman–Crippen MR) is 90.3 cm³/mol. The van der Waals surface area contributed by atoms with Crippen LogP contribution in [0.1, 0.15) is 23.6 Å². The molecule has 0 bridgehead atoms. The fraction of sp³-hybridized carbons (Fsp3) is 0.368. The molecule has 2 nitrogen and oxygen atoms in total. The van der Waals surface area contributed by atoms with Crippen LogP contribution in [0.4, 0.5) is 0 Å². The van der Waals surface area contributed by atoms with Gasteiger partial charge >= 0.3 is 0 Å². The molecular formula is C19H26N2. The van der Waals surface area contributed by atoms with Crippen LogP contribution in [-0.4, -0.2) is 25.0 Å². The molecule has 2 heteroatoms. The number of nitrogens with one attached hydrogen (secondary N) is 1. The summed E-state index contributed by atoms with van der Waals surface area (Å²) in [6.07, 6.45) is 1.10. The largest absolute Gasteiger partial charge is 0.313 e. The zero-order valence-corrected chi connectivity index (χ0v) is 13.2. The first-order valence-corrected chi connectivity index (χ1v) is 7.79. The molecule has 0 aliphatic heterocycles. The maximum atomic E-state index is 3.42. The summed E-state index contributed by atoms with van der Waals surface area (Å²) in [5.41, 5.74) is 4.24. The summed E-state index contributed by atoms with van der Waals surface area (Å²) < 4.78 is 0. The minimum atomic E-state index is 0.958. The number of nitrogens with zero attached hydrogens (tertiary/aromatic N) is 1. The van der Waals surface area contributed by atoms with Crippen LogP contribution in [0, 0.1) is 0 Å². The summed E-state index contributed by atoms with van der Waals surface area (Å²) in [6.45, 7) is 6.21. The highest BCUT2D eigenvalue weighted by Crippen LogP contribution is 2.11. The van der Waals surface area contributed by atoms with Gasteiger partial charge in [0, 0.05) is 19.6 Å². The van der Waals surface area contributed by atoms with E-state index in [0.717, 1.165) is 32.6 Å². The second-order valence-electron chi connectivity index (χ2n) is 5.52. The summed E-state index contributed by atoms with van der Waals surface area (Å²) in [7, 11) is 2.20. The molecule has 21 heavy (non-hydrogen) atoms. The Labute approximate surface area is 128 Å². The van der Waals surface area contributed by atoms with E-state index in [1.54, 1.807) is 0 Å². The molecule has 112 valence electrons. The van der Waals surface area contributed by atoms with Crippen LogP contribution in [0.15, 0.2) is 54.6 Å². The van der Waals surface area contributed by atoms with E-state index in [4.69, 9.17) is 0 Å². The third-order valence-corrected chi connectivity index (χ3v) is 3.75. The first-order valence-electron chi connectivity index (χ1n) is 7.79. The fourth-order valence-corrected chi connectivity index (χ4v) is 2.48. The van der Waals surface area contributed by atoms with E-state index >= 15 is 0 Å². The van der Waals surface area contributed by atoms with Gasteiger partial charge in [-0.05, 0) is 36.7 Å². The molecule has 1 N–H and O–H groups in total. The van der Waals surface area contributed by atoms with Crippen molar-refractivity contribution in [2.24, 2.45) is 0 Å². The Hall–Kier alpha value is -1.64. The molecule has 0 unspecified atom stereocenters.